The minimum Gasteiger partial charge on any atom is -0.382 e. The zero-order valence-electron chi connectivity index (χ0n) is 13.2. The summed E-state index contributed by atoms with van der Waals surface area (Å²) in [5, 5.41) is 14.8. The van der Waals surface area contributed by atoms with Crippen molar-refractivity contribution < 1.29 is 9.18 Å². The molecule has 0 saturated carbocycles. The van der Waals surface area contributed by atoms with Gasteiger partial charge in [0.25, 0.3) is 5.91 Å². The molecule has 4 rings (SSSR count). The number of nitrogen functional groups attached to an aromatic ring is 1. The smallest absolute Gasteiger partial charge is 0.272 e. The van der Waals surface area contributed by atoms with Gasteiger partial charge in [-0.1, -0.05) is 0 Å². The van der Waals surface area contributed by atoms with Crippen LogP contribution < -0.4 is 5.73 Å². The van der Waals surface area contributed by atoms with E-state index in [1.54, 1.807) is 29.2 Å². The number of carbonyl (C=O) groups is 1. The van der Waals surface area contributed by atoms with E-state index < -0.39 is 0 Å². The highest BCUT2D eigenvalue weighted by atomic mass is 19.1. The van der Waals surface area contributed by atoms with Crippen molar-refractivity contribution in [2.75, 3.05) is 12.3 Å². The molecule has 0 bridgehead atoms. The van der Waals surface area contributed by atoms with Crippen molar-refractivity contribution in [1.29, 1.82) is 0 Å². The fourth-order valence-corrected chi connectivity index (χ4v) is 2.89. The first kappa shape index (κ1) is 15.3. The second-order valence-electron chi connectivity index (χ2n) is 5.89. The van der Waals surface area contributed by atoms with Crippen molar-refractivity contribution in [3.05, 3.63) is 59.2 Å². The van der Waals surface area contributed by atoms with Crippen molar-refractivity contribution in [2.24, 2.45) is 0 Å². The van der Waals surface area contributed by atoms with Crippen LogP contribution in [-0.4, -0.2) is 37.7 Å². The number of fused-ring (bicyclic) bond motifs is 1. The Kier molecular flexibility index (Phi) is 3.64. The van der Waals surface area contributed by atoms with Crippen LogP contribution in [0.1, 0.15) is 21.7 Å². The van der Waals surface area contributed by atoms with Crippen molar-refractivity contribution in [2.45, 2.75) is 13.0 Å². The molecule has 126 valence electrons. The number of nitrogens with zero attached hydrogens (tertiary/aromatic N) is 4. The molecule has 25 heavy (non-hydrogen) atoms. The Hall–Kier alpha value is -3.29. The topological polar surface area (TPSA) is 101 Å². The monoisotopic (exact) mass is 338 g/mol. The molecular weight excluding hydrogens is 323 g/mol. The summed E-state index contributed by atoms with van der Waals surface area (Å²) >= 11 is 0. The van der Waals surface area contributed by atoms with Crippen LogP contribution in [0.15, 0.2) is 36.4 Å². The number of nitrogens with one attached hydrogen (secondary N) is 1. The number of benzene rings is 1. The Labute approximate surface area is 142 Å². The highest BCUT2D eigenvalue weighted by Crippen LogP contribution is 2.22. The van der Waals surface area contributed by atoms with Crippen LogP contribution >= 0.6 is 0 Å². The average Bonchev–Trinajstić information content (AvgIpc) is 3.11. The van der Waals surface area contributed by atoms with Crippen LogP contribution in [0.3, 0.4) is 0 Å². The zero-order valence-corrected chi connectivity index (χ0v) is 13.2. The Morgan fingerprint density at radius 2 is 2.00 bits per heavy atom. The minimum absolute atomic E-state index is 0.151. The standard InChI is InChI=1S/C17H15FN6O/c18-12-3-1-10(2-4-12)14-8-15(22-21-14)17(25)24-6-5-13-11(9-24)7-16(19)23-20-13/h1-4,7-8H,5-6,9H2,(H2,19,23)(H,21,22). The van der Waals surface area contributed by atoms with Crippen LogP contribution in [0.25, 0.3) is 11.3 Å². The Balaban J connectivity index is 1.55. The molecule has 0 atom stereocenters. The normalized spacial score (nSPS) is 13.6. The molecular formula is C17H15FN6O. The predicted molar refractivity (Wildman–Crippen MR) is 88.9 cm³/mol. The van der Waals surface area contributed by atoms with Gasteiger partial charge in [-0.15, -0.1) is 5.10 Å². The summed E-state index contributed by atoms with van der Waals surface area (Å²) in [7, 11) is 0. The highest BCUT2D eigenvalue weighted by Gasteiger charge is 2.24. The van der Waals surface area contributed by atoms with Crippen LogP contribution in [0.2, 0.25) is 0 Å². The number of carbonyl (C=O) groups excluding carboxylic acids is 1. The van der Waals surface area contributed by atoms with Gasteiger partial charge < -0.3 is 10.6 Å². The summed E-state index contributed by atoms with van der Waals surface area (Å²) in [4.78, 5) is 14.4. The van der Waals surface area contributed by atoms with Gasteiger partial charge in [0.05, 0.1) is 11.4 Å². The van der Waals surface area contributed by atoms with Gasteiger partial charge in [-0.05, 0) is 42.0 Å². The van der Waals surface area contributed by atoms with Gasteiger partial charge in [-0.3, -0.25) is 9.89 Å². The quantitative estimate of drug-likeness (QED) is 0.742. The van der Waals surface area contributed by atoms with E-state index in [9.17, 15) is 9.18 Å². The fourth-order valence-electron chi connectivity index (χ4n) is 2.89. The van der Waals surface area contributed by atoms with Gasteiger partial charge in [0.2, 0.25) is 0 Å². The lowest BCUT2D eigenvalue weighted by Crippen LogP contribution is -2.36. The van der Waals surface area contributed by atoms with Gasteiger partial charge in [0.1, 0.15) is 17.3 Å². The maximum absolute atomic E-state index is 13.0. The molecule has 3 heterocycles. The summed E-state index contributed by atoms with van der Waals surface area (Å²) in [5.74, 6) is -0.125. The summed E-state index contributed by atoms with van der Waals surface area (Å²) in [6.45, 7) is 0.980. The number of nitrogens with two attached hydrogens (primary N) is 1. The van der Waals surface area contributed by atoms with E-state index in [1.807, 2.05) is 0 Å². The molecule has 0 fully saturated rings. The molecule has 1 amide bonds. The van der Waals surface area contributed by atoms with Crippen molar-refractivity contribution in [3.8, 4) is 11.3 Å². The Bertz CT molecular complexity index is 937. The van der Waals surface area contributed by atoms with Gasteiger partial charge in [0.15, 0.2) is 0 Å². The number of aromatic amines is 1. The highest BCUT2D eigenvalue weighted by molar-refractivity contribution is 5.93. The first-order chi connectivity index (χ1) is 12.1. The van der Waals surface area contributed by atoms with Crippen LogP contribution in [0, 0.1) is 5.82 Å². The van der Waals surface area contributed by atoms with Gasteiger partial charge in [-0.2, -0.15) is 10.2 Å². The first-order valence-electron chi connectivity index (χ1n) is 7.82. The number of aromatic nitrogens is 4. The molecule has 1 aliphatic rings. The van der Waals surface area contributed by atoms with Crippen molar-refractivity contribution in [1.82, 2.24) is 25.3 Å². The van der Waals surface area contributed by atoms with E-state index in [0.29, 0.717) is 36.7 Å². The van der Waals surface area contributed by atoms with Gasteiger partial charge in [0, 0.05) is 25.1 Å². The van der Waals surface area contributed by atoms with E-state index in [4.69, 9.17) is 5.73 Å². The summed E-state index contributed by atoms with van der Waals surface area (Å²) in [6, 6.07) is 9.39. The lowest BCUT2D eigenvalue weighted by molar-refractivity contribution is 0.0727. The average molecular weight is 338 g/mol. The fraction of sp³-hybridized carbons (Fsp3) is 0.176. The van der Waals surface area contributed by atoms with E-state index in [-0.39, 0.29) is 11.7 Å². The molecule has 3 N–H and O–H groups in total. The van der Waals surface area contributed by atoms with Crippen LogP contribution in [0.5, 0.6) is 0 Å². The second-order valence-corrected chi connectivity index (χ2v) is 5.89. The van der Waals surface area contributed by atoms with E-state index in [2.05, 4.69) is 20.4 Å². The maximum atomic E-state index is 13.0. The third-order valence-electron chi connectivity index (χ3n) is 4.19. The van der Waals surface area contributed by atoms with Crippen molar-refractivity contribution in [3.63, 3.8) is 0 Å². The number of hydrogen-bond donors (Lipinski definition) is 2. The van der Waals surface area contributed by atoms with Gasteiger partial charge >= 0.3 is 0 Å². The molecule has 0 unspecified atom stereocenters. The SMILES string of the molecule is Nc1cc2c(nn1)CCN(C(=O)c1cc(-c3ccc(F)cc3)n[nH]1)C2. The molecule has 0 spiro atoms. The number of amides is 1. The number of hydrogen-bond acceptors (Lipinski definition) is 5. The molecule has 1 aliphatic heterocycles. The molecule has 1 aromatic carbocycles. The summed E-state index contributed by atoms with van der Waals surface area (Å²) in [6.07, 6.45) is 0.632. The Morgan fingerprint density at radius 3 is 2.80 bits per heavy atom. The molecule has 0 radical (unpaired) electrons. The molecule has 7 nitrogen and oxygen atoms in total. The van der Waals surface area contributed by atoms with Gasteiger partial charge in [-0.25, -0.2) is 4.39 Å². The zero-order chi connectivity index (χ0) is 17.4. The molecule has 0 aliphatic carbocycles. The number of anilines is 1. The third-order valence-corrected chi connectivity index (χ3v) is 4.19. The minimum atomic E-state index is -0.315. The largest absolute Gasteiger partial charge is 0.382 e. The molecule has 2 aromatic heterocycles. The molecule has 8 heteroatoms. The van der Waals surface area contributed by atoms with Crippen molar-refractivity contribution >= 4 is 11.7 Å². The Morgan fingerprint density at radius 1 is 1.20 bits per heavy atom. The predicted octanol–water partition coefficient (Wildman–Crippen LogP) is 1.79. The number of rotatable bonds is 2. The third kappa shape index (κ3) is 2.93. The summed E-state index contributed by atoms with van der Waals surface area (Å²) < 4.78 is 13.0. The summed E-state index contributed by atoms with van der Waals surface area (Å²) in [5.41, 5.74) is 9.17. The lowest BCUT2D eigenvalue weighted by Gasteiger charge is -2.27. The molecule has 0 saturated heterocycles. The first-order valence-corrected chi connectivity index (χ1v) is 7.82. The van der Waals surface area contributed by atoms with Crippen LogP contribution in [-0.2, 0) is 13.0 Å². The lowest BCUT2D eigenvalue weighted by atomic mass is 10.1. The maximum Gasteiger partial charge on any atom is 0.272 e. The van der Waals surface area contributed by atoms with E-state index >= 15 is 0 Å². The second kappa shape index (κ2) is 5.97. The van der Waals surface area contributed by atoms with Crippen LogP contribution in [0.4, 0.5) is 10.2 Å². The number of halogens is 1. The van der Waals surface area contributed by atoms with E-state index in [0.717, 1.165) is 16.8 Å². The van der Waals surface area contributed by atoms with E-state index in [1.165, 1.54) is 12.1 Å². The number of H-pyrrole nitrogens is 1. The molecule has 3 aromatic rings.